The highest BCUT2D eigenvalue weighted by Crippen LogP contribution is 2.17. The zero-order valence-electron chi connectivity index (χ0n) is 17.7. The van der Waals surface area contributed by atoms with E-state index in [-0.39, 0.29) is 24.4 Å². The maximum atomic E-state index is 12.5. The summed E-state index contributed by atoms with van der Waals surface area (Å²) >= 11 is 0. The molecule has 0 aromatic heterocycles. The highest BCUT2D eigenvalue weighted by molar-refractivity contribution is 5.96. The topological polar surface area (TPSA) is 79.5 Å². The van der Waals surface area contributed by atoms with Gasteiger partial charge in [0.2, 0.25) is 5.91 Å². The lowest BCUT2D eigenvalue weighted by Crippen LogP contribution is -2.26. The molecule has 6 heteroatoms. The second-order valence-corrected chi connectivity index (χ2v) is 7.05. The van der Waals surface area contributed by atoms with E-state index in [1.54, 1.807) is 24.3 Å². The molecule has 0 radical (unpaired) electrons. The molecule has 3 aromatic rings. The van der Waals surface area contributed by atoms with Crippen LogP contribution in [0.25, 0.3) is 0 Å². The molecule has 1 atom stereocenters. The van der Waals surface area contributed by atoms with Gasteiger partial charge in [0, 0.05) is 23.0 Å². The highest BCUT2D eigenvalue weighted by atomic mass is 16.5. The van der Waals surface area contributed by atoms with Crippen LogP contribution in [-0.4, -0.2) is 25.0 Å². The van der Waals surface area contributed by atoms with E-state index in [0.717, 1.165) is 17.0 Å². The van der Waals surface area contributed by atoms with E-state index >= 15 is 0 Å². The lowest BCUT2D eigenvalue weighted by Gasteiger charge is -2.14. The van der Waals surface area contributed by atoms with E-state index < -0.39 is 0 Å². The van der Waals surface area contributed by atoms with Gasteiger partial charge < -0.3 is 20.7 Å². The molecule has 0 saturated heterocycles. The first-order valence-corrected chi connectivity index (χ1v) is 10.3. The number of ether oxygens (including phenoxy) is 1. The Labute approximate surface area is 182 Å². The number of hydrogen-bond donors (Lipinski definition) is 3. The Morgan fingerprint density at radius 3 is 2.35 bits per heavy atom. The molecule has 3 aromatic carbocycles. The molecule has 6 nitrogen and oxygen atoms in total. The summed E-state index contributed by atoms with van der Waals surface area (Å²) in [6.45, 7) is 4.57. The molecule has 1 unspecified atom stereocenters. The van der Waals surface area contributed by atoms with Gasteiger partial charge in [0.25, 0.3) is 5.91 Å². The Kier molecular flexibility index (Phi) is 7.65. The van der Waals surface area contributed by atoms with Crippen molar-refractivity contribution in [3.63, 3.8) is 0 Å². The van der Waals surface area contributed by atoms with Crippen LogP contribution in [0, 0.1) is 0 Å². The summed E-state index contributed by atoms with van der Waals surface area (Å²) in [5.41, 5.74) is 3.01. The van der Waals surface area contributed by atoms with Crippen LogP contribution in [0.2, 0.25) is 0 Å². The summed E-state index contributed by atoms with van der Waals surface area (Å²) < 4.78 is 5.46. The Morgan fingerprint density at radius 2 is 1.65 bits per heavy atom. The third-order valence-corrected chi connectivity index (χ3v) is 4.68. The van der Waals surface area contributed by atoms with Crippen LogP contribution >= 0.6 is 0 Å². The summed E-state index contributed by atoms with van der Waals surface area (Å²) in [7, 11) is 0. The smallest absolute Gasteiger partial charge is 0.251 e. The molecule has 0 heterocycles. The van der Waals surface area contributed by atoms with Gasteiger partial charge in [0.05, 0.1) is 19.2 Å². The van der Waals surface area contributed by atoms with Crippen molar-refractivity contribution in [3.8, 4) is 5.75 Å². The molecule has 0 fully saturated rings. The standard InChI is InChI=1S/C25H27N3O3/c1-3-31-23-11-7-10-22(16-23)26-17-24(29)28-21-14-12-20(13-15-21)25(30)27-18(2)19-8-5-4-6-9-19/h4-16,18,26H,3,17H2,1-2H3,(H,27,30)(H,28,29). The SMILES string of the molecule is CCOc1cccc(NCC(=O)Nc2ccc(C(=O)NC(C)c3ccccc3)cc2)c1. The predicted molar refractivity (Wildman–Crippen MR) is 123 cm³/mol. The number of carbonyl (C=O) groups excluding carboxylic acids is 2. The molecule has 3 rings (SSSR count). The van der Waals surface area contributed by atoms with Crippen molar-refractivity contribution >= 4 is 23.2 Å². The molecule has 0 spiro atoms. The molecule has 0 saturated carbocycles. The average molecular weight is 418 g/mol. The third kappa shape index (κ3) is 6.60. The molecule has 0 aliphatic heterocycles. The van der Waals surface area contributed by atoms with Crippen LogP contribution in [0.4, 0.5) is 11.4 Å². The molecule has 31 heavy (non-hydrogen) atoms. The number of anilines is 2. The first-order valence-electron chi connectivity index (χ1n) is 10.3. The second kappa shape index (κ2) is 10.8. The molecular formula is C25H27N3O3. The van der Waals surface area contributed by atoms with E-state index in [1.807, 2.05) is 68.4 Å². The van der Waals surface area contributed by atoms with Crippen molar-refractivity contribution in [2.24, 2.45) is 0 Å². The Balaban J connectivity index is 1.50. The first kappa shape index (κ1) is 21.9. The monoisotopic (exact) mass is 417 g/mol. The van der Waals surface area contributed by atoms with E-state index in [9.17, 15) is 9.59 Å². The summed E-state index contributed by atoms with van der Waals surface area (Å²) in [6.07, 6.45) is 0. The van der Waals surface area contributed by atoms with Crippen LogP contribution in [0.5, 0.6) is 5.75 Å². The number of hydrogen-bond acceptors (Lipinski definition) is 4. The quantitative estimate of drug-likeness (QED) is 0.474. The summed E-state index contributed by atoms with van der Waals surface area (Å²) in [5.74, 6) is 0.408. The largest absolute Gasteiger partial charge is 0.494 e. The second-order valence-electron chi connectivity index (χ2n) is 7.05. The predicted octanol–water partition coefficient (Wildman–Crippen LogP) is 4.63. The molecule has 0 aliphatic carbocycles. The van der Waals surface area contributed by atoms with Crippen molar-refractivity contribution in [3.05, 3.63) is 90.0 Å². The van der Waals surface area contributed by atoms with Crippen LogP contribution in [0.3, 0.4) is 0 Å². The van der Waals surface area contributed by atoms with Gasteiger partial charge in [0.1, 0.15) is 5.75 Å². The van der Waals surface area contributed by atoms with Gasteiger partial charge in [-0.25, -0.2) is 0 Å². The van der Waals surface area contributed by atoms with E-state index in [4.69, 9.17) is 4.74 Å². The zero-order chi connectivity index (χ0) is 22.1. The third-order valence-electron chi connectivity index (χ3n) is 4.68. The Hall–Kier alpha value is -3.80. The maximum absolute atomic E-state index is 12.5. The van der Waals surface area contributed by atoms with E-state index in [2.05, 4.69) is 16.0 Å². The number of amides is 2. The molecule has 0 bridgehead atoms. The zero-order valence-corrected chi connectivity index (χ0v) is 17.7. The Morgan fingerprint density at radius 1 is 0.903 bits per heavy atom. The minimum atomic E-state index is -0.184. The molecule has 2 amide bonds. The minimum Gasteiger partial charge on any atom is -0.494 e. The lowest BCUT2D eigenvalue weighted by molar-refractivity contribution is -0.114. The van der Waals surface area contributed by atoms with Gasteiger partial charge >= 0.3 is 0 Å². The molecular weight excluding hydrogens is 390 g/mol. The van der Waals surface area contributed by atoms with Crippen molar-refractivity contribution in [2.75, 3.05) is 23.8 Å². The van der Waals surface area contributed by atoms with Gasteiger partial charge in [-0.2, -0.15) is 0 Å². The van der Waals surface area contributed by atoms with Crippen LogP contribution in [0.15, 0.2) is 78.9 Å². The normalized spacial score (nSPS) is 11.3. The van der Waals surface area contributed by atoms with Gasteiger partial charge in [-0.3, -0.25) is 9.59 Å². The highest BCUT2D eigenvalue weighted by Gasteiger charge is 2.11. The average Bonchev–Trinajstić information content (AvgIpc) is 2.79. The van der Waals surface area contributed by atoms with Crippen molar-refractivity contribution in [2.45, 2.75) is 19.9 Å². The molecule has 160 valence electrons. The lowest BCUT2D eigenvalue weighted by atomic mass is 10.1. The Bertz CT molecular complexity index is 1000. The van der Waals surface area contributed by atoms with Crippen LogP contribution in [0.1, 0.15) is 35.8 Å². The number of carbonyl (C=O) groups is 2. The number of nitrogens with one attached hydrogen (secondary N) is 3. The number of benzene rings is 3. The first-order chi connectivity index (χ1) is 15.0. The van der Waals surface area contributed by atoms with Crippen molar-refractivity contribution in [1.82, 2.24) is 5.32 Å². The minimum absolute atomic E-state index is 0.0969. The fourth-order valence-corrected chi connectivity index (χ4v) is 3.06. The summed E-state index contributed by atoms with van der Waals surface area (Å²) in [5, 5.41) is 8.87. The van der Waals surface area contributed by atoms with E-state index in [1.165, 1.54) is 0 Å². The molecule has 3 N–H and O–H groups in total. The van der Waals surface area contributed by atoms with Crippen LogP contribution < -0.4 is 20.7 Å². The number of rotatable bonds is 9. The van der Waals surface area contributed by atoms with Gasteiger partial charge in [0.15, 0.2) is 0 Å². The maximum Gasteiger partial charge on any atom is 0.251 e. The van der Waals surface area contributed by atoms with Gasteiger partial charge in [-0.05, 0) is 55.8 Å². The van der Waals surface area contributed by atoms with Gasteiger partial charge in [-0.1, -0.05) is 36.4 Å². The van der Waals surface area contributed by atoms with E-state index in [0.29, 0.717) is 17.9 Å². The van der Waals surface area contributed by atoms with Crippen molar-refractivity contribution in [1.29, 1.82) is 0 Å². The van der Waals surface area contributed by atoms with Crippen molar-refractivity contribution < 1.29 is 14.3 Å². The summed E-state index contributed by atoms with van der Waals surface area (Å²) in [4.78, 5) is 24.7. The van der Waals surface area contributed by atoms with Gasteiger partial charge in [-0.15, -0.1) is 0 Å². The fourth-order valence-electron chi connectivity index (χ4n) is 3.06. The fraction of sp³-hybridized carbons (Fsp3) is 0.200. The molecule has 0 aliphatic rings. The van der Waals surface area contributed by atoms with Crippen LogP contribution in [-0.2, 0) is 4.79 Å². The summed E-state index contributed by atoms with van der Waals surface area (Å²) in [6, 6.07) is 24.0.